The molecule has 2 aliphatic heterocycles. The Bertz CT molecular complexity index is 1010. The average Bonchev–Trinajstić information content (AvgIpc) is 2.93. The number of carbonyl (C=O) groups excluding carboxylic acids is 2. The van der Waals surface area contributed by atoms with Crippen LogP contribution in [0.4, 0.5) is 4.79 Å². The molecule has 7 heteroatoms. The molecule has 7 nitrogen and oxygen atoms in total. The van der Waals surface area contributed by atoms with Gasteiger partial charge in [-0.1, -0.05) is 18.6 Å². The Morgan fingerprint density at radius 1 is 1.19 bits per heavy atom. The van der Waals surface area contributed by atoms with E-state index in [-0.39, 0.29) is 24.5 Å². The summed E-state index contributed by atoms with van der Waals surface area (Å²) in [5.41, 5.74) is 4.68. The number of carbonyl (C=O) groups is 2. The molecule has 1 fully saturated rings. The minimum Gasteiger partial charge on any atom is -0.444 e. The highest BCUT2D eigenvalue weighted by Gasteiger charge is 2.40. The van der Waals surface area contributed by atoms with Gasteiger partial charge in [0.05, 0.1) is 29.5 Å². The quantitative estimate of drug-likeness (QED) is 0.802. The predicted octanol–water partition coefficient (Wildman–Crippen LogP) is 3.65. The number of nitrogens with zero attached hydrogens (tertiary/aromatic N) is 3. The molecule has 0 unspecified atom stereocenters. The van der Waals surface area contributed by atoms with Crippen molar-refractivity contribution in [3.63, 3.8) is 0 Å². The van der Waals surface area contributed by atoms with E-state index in [1.807, 2.05) is 25.5 Å². The number of aromatic nitrogens is 2. The fourth-order valence-corrected chi connectivity index (χ4v) is 4.83. The summed E-state index contributed by atoms with van der Waals surface area (Å²) in [6.07, 6.45) is 4.43. The average molecular weight is 423 g/mol. The van der Waals surface area contributed by atoms with Gasteiger partial charge in [-0.3, -0.25) is 9.69 Å². The molecule has 1 saturated carbocycles. The summed E-state index contributed by atoms with van der Waals surface area (Å²) in [6.45, 7) is 6.52. The highest BCUT2D eigenvalue weighted by Crippen LogP contribution is 2.38. The molecule has 5 rings (SSSR count). The highest BCUT2D eigenvalue weighted by molar-refractivity contribution is 5.80. The first kappa shape index (κ1) is 20.1. The molecule has 1 N–H and O–H groups in total. The molecule has 3 heterocycles. The van der Waals surface area contributed by atoms with E-state index in [2.05, 4.69) is 29.6 Å². The van der Waals surface area contributed by atoms with Crippen molar-refractivity contribution in [3.8, 4) is 5.69 Å². The Morgan fingerprint density at radius 3 is 2.58 bits per heavy atom. The van der Waals surface area contributed by atoms with Gasteiger partial charge in [-0.25, -0.2) is 9.48 Å². The smallest absolute Gasteiger partial charge is 0.410 e. The van der Waals surface area contributed by atoms with E-state index in [0.29, 0.717) is 25.4 Å². The molecular formula is C24H30N4O3. The molecule has 1 atom stereocenters. The van der Waals surface area contributed by atoms with Crippen LogP contribution in [0.2, 0.25) is 0 Å². The van der Waals surface area contributed by atoms with Crippen LogP contribution in [0.3, 0.4) is 0 Å². The van der Waals surface area contributed by atoms with Crippen LogP contribution in [0.5, 0.6) is 0 Å². The van der Waals surface area contributed by atoms with E-state index < -0.39 is 5.60 Å². The molecule has 0 saturated heterocycles. The number of benzene rings is 1. The molecule has 3 aliphatic rings. The van der Waals surface area contributed by atoms with E-state index in [9.17, 15) is 9.59 Å². The Hall–Kier alpha value is -2.83. The lowest BCUT2D eigenvalue weighted by Gasteiger charge is -2.36. The minimum atomic E-state index is -0.569. The van der Waals surface area contributed by atoms with Crippen LogP contribution in [0.1, 0.15) is 74.5 Å². The van der Waals surface area contributed by atoms with E-state index >= 15 is 0 Å². The topological polar surface area (TPSA) is 76.5 Å². The largest absolute Gasteiger partial charge is 0.444 e. The molecule has 164 valence electrons. The fraction of sp³-hybridized carbons (Fsp3) is 0.542. The van der Waals surface area contributed by atoms with E-state index in [1.165, 1.54) is 24.8 Å². The third-order valence-corrected chi connectivity index (χ3v) is 6.56. The van der Waals surface area contributed by atoms with Gasteiger partial charge in [0.1, 0.15) is 5.60 Å². The van der Waals surface area contributed by atoms with Gasteiger partial charge in [0.15, 0.2) is 0 Å². The summed E-state index contributed by atoms with van der Waals surface area (Å²) in [5, 5.41) is 7.79. The van der Waals surface area contributed by atoms with Gasteiger partial charge in [-0.05, 0) is 57.2 Å². The maximum absolute atomic E-state index is 12.9. The Morgan fingerprint density at radius 2 is 1.94 bits per heavy atom. The van der Waals surface area contributed by atoms with Crippen LogP contribution in [-0.2, 0) is 22.4 Å². The lowest BCUT2D eigenvalue weighted by atomic mass is 9.80. The van der Waals surface area contributed by atoms with Crippen LogP contribution in [0.25, 0.3) is 5.69 Å². The molecular weight excluding hydrogens is 392 g/mol. The van der Waals surface area contributed by atoms with Crippen LogP contribution in [0, 0.1) is 0 Å². The van der Waals surface area contributed by atoms with Crippen molar-refractivity contribution in [2.75, 3.05) is 13.1 Å². The Balaban J connectivity index is 1.50. The van der Waals surface area contributed by atoms with Crippen molar-refractivity contribution in [3.05, 3.63) is 46.8 Å². The zero-order valence-corrected chi connectivity index (χ0v) is 18.5. The second kappa shape index (κ2) is 7.39. The molecule has 1 aromatic carbocycles. The first-order chi connectivity index (χ1) is 14.8. The first-order valence-electron chi connectivity index (χ1n) is 11.3. The SMILES string of the molecule is CC(C)(C)OC(=O)N1CCc2c3c(nn2-c2ccc(C4CCC4)cc2)CC(=O)NC[C@H]31. The zero-order valence-electron chi connectivity index (χ0n) is 18.5. The van der Waals surface area contributed by atoms with E-state index in [1.54, 1.807) is 4.90 Å². The van der Waals surface area contributed by atoms with Gasteiger partial charge in [0.2, 0.25) is 5.91 Å². The fourth-order valence-electron chi connectivity index (χ4n) is 4.83. The maximum Gasteiger partial charge on any atom is 0.410 e. The molecule has 31 heavy (non-hydrogen) atoms. The molecule has 0 bridgehead atoms. The van der Waals surface area contributed by atoms with Gasteiger partial charge in [0, 0.05) is 25.1 Å². The lowest BCUT2D eigenvalue weighted by Crippen LogP contribution is -2.46. The highest BCUT2D eigenvalue weighted by atomic mass is 16.6. The molecule has 0 radical (unpaired) electrons. The Kier molecular flexibility index (Phi) is 4.79. The van der Waals surface area contributed by atoms with Gasteiger partial charge in [-0.2, -0.15) is 5.10 Å². The second-order valence-electron chi connectivity index (χ2n) is 9.86. The van der Waals surface area contributed by atoms with Crippen LogP contribution in [0.15, 0.2) is 24.3 Å². The standard InChI is InChI=1S/C24H30N4O3/c1-24(2,3)31-23(30)27-12-11-19-22-18(13-21(29)25-14-20(22)27)26-28(19)17-9-7-16(8-10-17)15-5-4-6-15/h7-10,15,20H,4-6,11-14H2,1-3H3,(H,25,29)/t20-/m1/s1. The lowest BCUT2D eigenvalue weighted by molar-refractivity contribution is -0.120. The van der Waals surface area contributed by atoms with Crippen molar-refractivity contribution in [1.82, 2.24) is 20.0 Å². The van der Waals surface area contributed by atoms with E-state index in [0.717, 1.165) is 22.6 Å². The summed E-state index contributed by atoms with van der Waals surface area (Å²) in [7, 11) is 0. The normalized spacial score (nSPS) is 21.1. The number of ether oxygens (including phenoxy) is 1. The first-order valence-corrected chi connectivity index (χ1v) is 11.3. The third kappa shape index (κ3) is 3.70. The maximum atomic E-state index is 12.9. The van der Waals surface area contributed by atoms with Gasteiger partial charge in [0.25, 0.3) is 0 Å². The summed E-state index contributed by atoms with van der Waals surface area (Å²) in [5.74, 6) is 0.628. The summed E-state index contributed by atoms with van der Waals surface area (Å²) < 4.78 is 7.63. The van der Waals surface area contributed by atoms with Crippen LogP contribution in [-0.4, -0.2) is 45.4 Å². The predicted molar refractivity (Wildman–Crippen MR) is 116 cm³/mol. The summed E-state index contributed by atoms with van der Waals surface area (Å²) >= 11 is 0. The van der Waals surface area contributed by atoms with Crippen LogP contribution < -0.4 is 5.32 Å². The van der Waals surface area contributed by atoms with Crippen molar-refractivity contribution < 1.29 is 14.3 Å². The number of hydrogen-bond acceptors (Lipinski definition) is 4. The third-order valence-electron chi connectivity index (χ3n) is 6.56. The monoisotopic (exact) mass is 422 g/mol. The number of nitrogens with one attached hydrogen (secondary N) is 1. The molecule has 1 aromatic heterocycles. The van der Waals surface area contributed by atoms with Crippen LogP contribution >= 0.6 is 0 Å². The van der Waals surface area contributed by atoms with Crippen molar-refractivity contribution >= 4 is 12.0 Å². The van der Waals surface area contributed by atoms with Crippen molar-refractivity contribution in [2.45, 2.75) is 70.4 Å². The second-order valence-corrected chi connectivity index (χ2v) is 9.86. The van der Waals surface area contributed by atoms with Crippen molar-refractivity contribution in [2.24, 2.45) is 0 Å². The van der Waals surface area contributed by atoms with Gasteiger partial charge >= 0.3 is 6.09 Å². The molecule has 2 amide bonds. The molecule has 1 aliphatic carbocycles. The van der Waals surface area contributed by atoms with E-state index in [4.69, 9.17) is 9.84 Å². The zero-order chi connectivity index (χ0) is 21.8. The number of amides is 2. The van der Waals surface area contributed by atoms with Gasteiger partial charge in [-0.15, -0.1) is 0 Å². The van der Waals surface area contributed by atoms with Crippen molar-refractivity contribution in [1.29, 1.82) is 0 Å². The minimum absolute atomic E-state index is 0.0636. The molecule has 0 spiro atoms. The number of hydrogen-bond donors (Lipinski definition) is 1. The molecule has 2 aromatic rings. The van der Waals surface area contributed by atoms with Gasteiger partial charge < -0.3 is 10.1 Å². The summed E-state index contributed by atoms with van der Waals surface area (Å²) in [4.78, 5) is 27.0. The summed E-state index contributed by atoms with van der Waals surface area (Å²) in [6, 6.07) is 8.41. The number of rotatable bonds is 2. The Labute approximate surface area is 182 Å².